The summed E-state index contributed by atoms with van der Waals surface area (Å²) in [5.74, 6) is 0.524. The highest BCUT2D eigenvalue weighted by Gasteiger charge is 2.08. The number of carbonyl (C=O) groups excluding carboxylic acids is 2. The van der Waals surface area contributed by atoms with E-state index in [0.717, 1.165) is 18.6 Å². The van der Waals surface area contributed by atoms with Crippen LogP contribution in [0.25, 0.3) is 0 Å². The van der Waals surface area contributed by atoms with Gasteiger partial charge in [-0.3, -0.25) is 20.4 Å². The Morgan fingerprint density at radius 1 is 0.844 bits per heavy atom. The molecule has 0 radical (unpaired) electrons. The Hall–Kier alpha value is -2.44. The van der Waals surface area contributed by atoms with Gasteiger partial charge in [-0.05, 0) is 55.3 Å². The highest BCUT2D eigenvalue weighted by molar-refractivity contribution is 6.35. The van der Waals surface area contributed by atoms with Crippen LogP contribution >= 0.6 is 23.2 Å². The first kappa shape index (κ1) is 25.8. The minimum Gasteiger partial charge on any atom is -0.494 e. The minimum absolute atomic E-state index is 0.191. The summed E-state index contributed by atoms with van der Waals surface area (Å²) in [5, 5.41) is 0.940. The molecule has 32 heavy (non-hydrogen) atoms. The molecule has 0 spiro atoms. The number of halogens is 2. The van der Waals surface area contributed by atoms with Gasteiger partial charge >= 0.3 is 0 Å². The van der Waals surface area contributed by atoms with Crippen molar-refractivity contribution in [3.05, 3.63) is 58.1 Å². The van der Waals surface area contributed by atoms with Gasteiger partial charge in [0.1, 0.15) is 11.5 Å². The number of amides is 2. The van der Waals surface area contributed by atoms with Crippen LogP contribution in [0.3, 0.4) is 0 Å². The van der Waals surface area contributed by atoms with Crippen molar-refractivity contribution in [1.29, 1.82) is 0 Å². The maximum atomic E-state index is 12.2. The standard InChI is InChI=1S/C24H30Cl2N2O4/c1-2-3-4-5-6-15-31-20-12-9-18(10-13-20)24(30)28-27-23(29)8-7-16-32-22-14-11-19(25)17-21(22)26/h9-14,17H,2-8,15-16H2,1H3,(H,27,29)(H,28,30). The number of rotatable bonds is 13. The molecule has 0 heterocycles. The molecule has 0 saturated carbocycles. The lowest BCUT2D eigenvalue weighted by atomic mass is 10.2. The van der Waals surface area contributed by atoms with E-state index in [9.17, 15) is 9.59 Å². The van der Waals surface area contributed by atoms with Gasteiger partial charge in [-0.2, -0.15) is 0 Å². The fraction of sp³-hybridized carbons (Fsp3) is 0.417. The van der Waals surface area contributed by atoms with Gasteiger partial charge in [0.15, 0.2) is 0 Å². The zero-order chi connectivity index (χ0) is 23.2. The molecule has 0 aliphatic heterocycles. The monoisotopic (exact) mass is 480 g/mol. The molecule has 0 fully saturated rings. The number of benzene rings is 2. The van der Waals surface area contributed by atoms with Crippen LogP contribution in [-0.4, -0.2) is 25.0 Å². The van der Waals surface area contributed by atoms with Gasteiger partial charge in [-0.25, -0.2) is 0 Å². The summed E-state index contributed by atoms with van der Waals surface area (Å²) >= 11 is 11.9. The quantitative estimate of drug-likeness (QED) is 0.273. The Balaban J connectivity index is 1.61. The number of nitrogens with one attached hydrogen (secondary N) is 2. The van der Waals surface area contributed by atoms with Crippen LogP contribution < -0.4 is 20.3 Å². The Bertz CT molecular complexity index is 860. The molecule has 0 aromatic heterocycles. The van der Waals surface area contributed by atoms with Gasteiger partial charge in [0, 0.05) is 17.0 Å². The number of ether oxygens (including phenoxy) is 2. The molecule has 6 nitrogen and oxygen atoms in total. The second kappa shape index (κ2) is 14.6. The Kier molecular flexibility index (Phi) is 11.8. The summed E-state index contributed by atoms with van der Waals surface area (Å²) < 4.78 is 11.2. The maximum Gasteiger partial charge on any atom is 0.269 e. The van der Waals surface area contributed by atoms with Crippen LogP contribution in [0.15, 0.2) is 42.5 Å². The van der Waals surface area contributed by atoms with Gasteiger partial charge < -0.3 is 9.47 Å². The van der Waals surface area contributed by atoms with E-state index in [4.69, 9.17) is 32.7 Å². The SMILES string of the molecule is CCCCCCCOc1ccc(C(=O)NNC(=O)CCCOc2ccc(Cl)cc2Cl)cc1. The maximum absolute atomic E-state index is 12.2. The number of unbranched alkanes of at least 4 members (excludes halogenated alkanes) is 4. The van der Waals surface area contributed by atoms with E-state index < -0.39 is 5.91 Å². The molecule has 0 saturated heterocycles. The predicted molar refractivity (Wildman–Crippen MR) is 127 cm³/mol. The van der Waals surface area contributed by atoms with Crippen molar-refractivity contribution in [3.8, 4) is 11.5 Å². The predicted octanol–water partition coefficient (Wildman–Crippen LogP) is 5.96. The second-order valence-electron chi connectivity index (χ2n) is 7.32. The van der Waals surface area contributed by atoms with Crippen LogP contribution in [0.2, 0.25) is 10.0 Å². The molecule has 2 amide bonds. The van der Waals surface area contributed by atoms with Crippen LogP contribution in [0.5, 0.6) is 11.5 Å². The molecule has 0 bridgehead atoms. The summed E-state index contributed by atoms with van der Waals surface area (Å²) in [5.41, 5.74) is 5.24. The van der Waals surface area contributed by atoms with Crippen molar-refractivity contribution in [2.24, 2.45) is 0 Å². The molecule has 0 aliphatic rings. The normalized spacial score (nSPS) is 10.5. The molecule has 2 aromatic rings. The topological polar surface area (TPSA) is 76.7 Å². The number of hydrogen-bond acceptors (Lipinski definition) is 4. The van der Waals surface area contributed by atoms with Gasteiger partial charge in [0.25, 0.3) is 5.91 Å². The lowest BCUT2D eigenvalue weighted by Gasteiger charge is -2.10. The fourth-order valence-corrected chi connectivity index (χ4v) is 3.33. The van der Waals surface area contributed by atoms with Crippen molar-refractivity contribution >= 4 is 35.0 Å². The van der Waals surface area contributed by atoms with Crippen molar-refractivity contribution in [2.75, 3.05) is 13.2 Å². The third-order valence-corrected chi connectivity index (χ3v) is 5.18. The van der Waals surface area contributed by atoms with E-state index in [1.165, 1.54) is 19.3 Å². The first-order valence-corrected chi connectivity index (χ1v) is 11.6. The van der Waals surface area contributed by atoms with Crippen LogP contribution in [0, 0.1) is 0 Å². The van der Waals surface area contributed by atoms with Gasteiger partial charge in [0.2, 0.25) is 5.91 Å². The minimum atomic E-state index is -0.395. The Labute approximate surface area is 199 Å². The molecule has 2 rings (SSSR count). The first-order chi connectivity index (χ1) is 15.5. The van der Waals surface area contributed by atoms with Crippen molar-refractivity contribution < 1.29 is 19.1 Å². The third-order valence-electron chi connectivity index (χ3n) is 4.65. The van der Waals surface area contributed by atoms with E-state index in [1.807, 2.05) is 0 Å². The van der Waals surface area contributed by atoms with Gasteiger partial charge in [-0.1, -0.05) is 55.8 Å². The van der Waals surface area contributed by atoms with E-state index in [2.05, 4.69) is 17.8 Å². The summed E-state index contributed by atoms with van der Waals surface area (Å²) in [6.45, 7) is 3.16. The van der Waals surface area contributed by atoms with Gasteiger partial charge in [-0.15, -0.1) is 0 Å². The highest BCUT2D eigenvalue weighted by atomic mass is 35.5. The molecular formula is C24H30Cl2N2O4. The van der Waals surface area contributed by atoms with Gasteiger partial charge in [0.05, 0.1) is 18.2 Å². The van der Waals surface area contributed by atoms with Crippen LogP contribution in [-0.2, 0) is 4.79 Å². The molecule has 174 valence electrons. The van der Waals surface area contributed by atoms with E-state index in [0.29, 0.717) is 41.0 Å². The average Bonchev–Trinajstić information content (AvgIpc) is 2.79. The summed E-state index contributed by atoms with van der Waals surface area (Å²) in [7, 11) is 0. The average molecular weight is 481 g/mol. The van der Waals surface area contributed by atoms with Crippen molar-refractivity contribution in [3.63, 3.8) is 0 Å². The molecule has 2 aromatic carbocycles. The van der Waals surface area contributed by atoms with Crippen molar-refractivity contribution in [2.45, 2.75) is 51.9 Å². The van der Waals surface area contributed by atoms with Crippen molar-refractivity contribution in [1.82, 2.24) is 10.9 Å². The molecule has 8 heteroatoms. The highest BCUT2D eigenvalue weighted by Crippen LogP contribution is 2.27. The van der Waals surface area contributed by atoms with Crippen LogP contribution in [0.4, 0.5) is 0 Å². The fourth-order valence-electron chi connectivity index (χ4n) is 2.87. The number of carbonyl (C=O) groups is 2. The molecule has 0 unspecified atom stereocenters. The molecule has 0 atom stereocenters. The molecule has 2 N–H and O–H groups in total. The van der Waals surface area contributed by atoms with E-state index >= 15 is 0 Å². The lowest BCUT2D eigenvalue weighted by molar-refractivity contribution is -0.122. The second-order valence-corrected chi connectivity index (χ2v) is 8.16. The Morgan fingerprint density at radius 3 is 2.28 bits per heavy atom. The lowest BCUT2D eigenvalue weighted by Crippen LogP contribution is -2.41. The van der Waals surface area contributed by atoms with E-state index in [1.54, 1.807) is 42.5 Å². The summed E-state index contributed by atoms with van der Waals surface area (Å²) in [6.07, 6.45) is 6.54. The zero-order valence-electron chi connectivity index (χ0n) is 18.3. The number of hydrazine groups is 1. The summed E-state index contributed by atoms with van der Waals surface area (Å²) in [4.78, 5) is 24.1. The third kappa shape index (κ3) is 9.79. The zero-order valence-corrected chi connectivity index (χ0v) is 19.8. The largest absolute Gasteiger partial charge is 0.494 e. The Morgan fingerprint density at radius 2 is 1.56 bits per heavy atom. The van der Waals surface area contributed by atoms with Crippen LogP contribution in [0.1, 0.15) is 62.2 Å². The molecule has 0 aliphatic carbocycles. The first-order valence-electron chi connectivity index (χ1n) is 10.9. The number of hydrogen-bond donors (Lipinski definition) is 2. The molecular weight excluding hydrogens is 451 g/mol. The van der Waals surface area contributed by atoms with E-state index in [-0.39, 0.29) is 12.3 Å². The summed E-state index contributed by atoms with van der Waals surface area (Å²) in [6, 6.07) is 11.8. The smallest absolute Gasteiger partial charge is 0.269 e.